The Morgan fingerprint density at radius 3 is 2.59 bits per heavy atom. The van der Waals surface area contributed by atoms with Crippen molar-refractivity contribution in [2.45, 2.75) is 25.8 Å². The lowest BCUT2D eigenvalue weighted by molar-refractivity contribution is -0.131. The van der Waals surface area contributed by atoms with Gasteiger partial charge < -0.3 is 9.47 Å². The minimum Gasteiger partial charge on any atom is -0.342 e. The lowest BCUT2D eigenvalue weighted by atomic mass is 9.96. The molecule has 0 unspecified atom stereocenters. The third-order valence-electron chi connectivity index (χ3n) is 4.26. The molecule has 22 heavy (non-hydrogen) atoms. The van der Waals surface area contributed by atoms with Gasteiger partial charge in [-0.05, 0) is 36.5 Å². The van der Waals surface area contributed by atoms with Crippen molar-refractivity contribution in [2.24, 2.45) is 5.92 Å². The predicted molar refractivity (Wildman–Crippen MR) is 86.7 cm³/mol. The molecule has 1 saturated heterocycles. The lowest BCUT2D eigenvalue weighted by Crippen LogP contribution is -2.40. The molecule has 3 rings (SSSR count). The molecule has 1 aromatic heterocycles. The zero-order chi connectivity index (χ0) is 15.4. The summed E-state index contributed by atoms with van der Waals surface area (Å²) in [4.78, 5) is 18.4. The summed E-state index contributed by atoms with van der Waals surface area (Å²) in [5, 5.41) is 0.705. The fraction of sp³-hybridized carbons (Fsp3) is 0.412. The molecule has 0 atom stereocenters. The fourth-order valence-electron chi connectivity index (χ4n) is 2.95. The molecule has 0 radical (unpaired) electrons. The van der Waals surface area contributed by atoms with E-state index in [0.29, 0.717) is 17.4 Å². The van der Waals surface area contributed by atoms with Crippen molar-refractivity contribution in [3.8, 4) is 0 Å². The van der Waals surface area contributed by atoms with Crippen LogP contribution >= 0.6 is 11.6 Å². The molecule has 1 aliphatic heterocycles. The number of hydrogen-bond donors (Lipinski definition) is 0. The quantitative estimate of drug-likeness (QED) is 0.869. The van der Waals surface area contributed by atoms with Crippen molar-refractivity contribution < 1.29 is 4.79 Å². The fourth-order valence-corrected chi connectivity index (χ4v) is 3.07. The Morgan fingerprint density at radius 1 is 1.23 bits per heavy atom. The maximum atomic E-state index is 12.4. The van der Waals surface area contributed by atoms with Gasteiger partial charge in [0.15, 0.2) is 0 Å². The predicted octanol–water partition coefficient (Wildman–Crippen LogP) is 3.02. The van der Waals surface area contributed by atoms with Gasteiger partial charge in [0.2, 0.25) is 5.91 Å². The van der Waals surface area contributed by atoms with Crippen molar-refractivity contribution in [2.75, 3.05) is 13.1 Å². The van der Waals surface area contributed by atoms with E-state index in [1.165, 1.54) is 0 Å². The van der Waals surface area contributed by atoms with E-state index in [1.54, 1.807) is 0 Å². The highest BCUT2D eigenvalue weighted by molar-refractivity contribution is 6.30. The number of nitrogens with zero attached hydrogens (tertiary/aromatic N) is 3. The van der Waals surface area contributed by atoms with Crippen LogP contribution in [-0.4, -0.2) is 33.4 Å². The van der Waals surface area contributed by atoms with Gasteiger partial charge in [-0.1, -0.05) is 23.7 Å². The summed E-state index contributed by atoms with van der Waals surface area (Å²) < 4.78 is 2.12. The van der Waals surface area contributed by atoms with Crippen LogP contribution in [0, 0.1) is 5.92 Å². The first-order valence-electron chi connectivity index (χ1n) is 7.68. The van der Waals surface area contributed by atoms with E-state index in [9.17, 15) is 4.79 Å². The van der Waals surface area contributed by atoms with Crippen LogP contribution in [0.25, 0.3) is 0 Å². The molecular weight excluding hydrogens is 298 g/mol. The third-order valence-corrected chi connectivity index (χ3v) is 4.52. The highest BCUT2D eigenvalue weighted by Crippen LogP contribution is 2.20. The standard InChI is InChI=1S/C17H20ClN3O/c18-16-3-1-14(2-4-16)11-17(22)21-8-5-15(6-9-21)12-20-10-7-19-13-20/h1-4,7,10,13,15H,5-6,8-9,11-12H2. The van der Waals surface area contributed by atoms with Gasteiger partial charge >= 0.3 is 0 Å². The molecular formula is C17H20ClN3O. The first-order valence-corrected chi connectivity index (χ1v) is 8.06. The molecule has 2 heterocycles. The number of halogens is 1. The van der Waals surface area contributed by atoms with Crippen LogP contribution in [-0.2, 0) is 17.8 Å². The Labute approximate surface area is 135 Å². The van der Waals surface area contributed by atoms with Crippen molar-refractivity contribution in [3.63, 3.8) is 0 Å². The molecule has 1 aliphatic rings. The number of carbonyl (C=O) groups excluding carboxylic acids is 1. The Balaban J connectivity index is 1.48. The highest BCUT2D eigenvalue weighted by Gasteiger charge is 2.22. The summed E-state index contributed by atoms with van der Waals surface area (Å²) in [5.74, 6) is 0.845. The largest absolute Gasteiger partial charge is 0.342 e. The molecule has 0 saturated carbocycles. The van der Waals surface area contributed by atoms with E-state index in [0.717, 1.165) is 38.0 Å². The minimum absolute atomic E-state index is 0.211. The van der Waals surface area contributed by atoms with Crippen molar-refractivity contribution in [3.05, 3.63) is 53.6 Å². The summed E-state index contributed by atoms with van der Waals surface area (Å²) in [6.45, 7) is 2.71. The number of amides is 1. The van der Waals surface area contributed by atoms with E-state index in [4.69, 9.17) is 11.6 Å². The van der Waals surface area contributed by atoms with Crippen LogP contribution in [0.4, 0.5) is 0 Å². The maximum absolute atomic E-state index is 12.4. The number of hydrogen-bond acceptors (Lipinski definition) is 2. The van der Waals surface area contributed by atoms with E-state index >= 15 is 0 Å². The topological polar surface area (TPSA) is 38.1 Å². The summed E-state index contributed by atoms with van der Waals surface area (Å²) in [6.07, 6.45) is 8.25. The maximum Gasteiger partial charge on any atom is 0.226 e. The molecule has 1 aromatic carbocycles. The molecule has 0 bridgehead atoms. The average Bonchev–Trinajstić information content (AvgIpc) is 3.03. The first-order chi connectivity index (χ1) is 10.7. The van der Waals surface area contributed by atoms with Gasteiger partial charge in [-0.25, -0.2) is 4.98 Å². The normalized spacial score (nSPS) is 16.0. The number of carbonyl (C=O) groups is 1. The zero-order valence-electron chi connectivity index (χ0n) is 12.5. The van der Waals surface area contributed by atoms with Gasteiger partial charge in [-0.15, -0.1) is 0 Å². The summed E-state index contributed by atoms with van der Waals surface area (Å²) in [6, 6.07) is 7.51. The molecule has 0 N–H and O–H groups in total. The van der Waals surface area contributed by atoms with Crippen LogP contribution in [0.3, 0.4) is 0 Å². The summed E-state index contributed by atoms with van der Waals surface area (Å²) in [7, 11) is 0. The van der Waals surface area contributed by atoms with Gasteiger partial charge in [0.05, 0.1) is 12.7 Å². The molecule has 4 nitrogen and oxygen atoms in total. The van der Waals surface area contributed by atoms with E-state index < -0.39 is 0 Å². The Bertz CT molecular complexity index is 601. The van der Waals surface area contributed by atoms with Crippen LogP contribution in [0.15, 0.2) is 43.0 Å². The summed E-state index contributed by atoms with van der Waals surface area (Å²) in [5.41, 5.74) is 1.02. The SMILES string of the molecule is O=C(Cc1ccc(Cl)cc1)N1CCC(Cn2ccnc2)CC1. The van der Waals surface area contributed by atoms with Gasteiger partial charge in [0, 0.05) is 37.1 Å². The van der Waals surface area contributed by atoms with Crippen LogP contribution in [0.2, 0.25) is 5.02 Å². The Kier molecular flexibility index (Phi) is 4.78. The lowest BCUT2D eigenvalue weighted by Gasteiger charge is -2.32. The zero-order valence-corrected chi connectivity index (χ0v) is 13.2. The van der Waals surface area contributed by atoms with Gasteiger partial charge in [0.1, 0.15) is 0 Å². The molecule has 0 spiro atoms. The van der Waals surface area contributed by atoms with Gasteiger partial charge in [-0.3, -0.25) is 4.79 Å². The average molecular weight is 318 g/mol. The Hall–Kier alpha value is -1.81. The van der Waals surface area contributed by atoms with Gasteiger partial charge in [-0.2, -0.15) is 0 Å². The Morgan fingerprint density at radius 2 is 1.95 bits per heavy atom. The number of rotatable bonds is 4. The van der Waals surface area contributed by atoms with E-state index in [-0.39, 0.29) is 5.91 Å². The number of piperidine rings is 1. The van der Waals surface area contributed by atoms with Crippen LogP contribution < -0.4 is 0 Å². The number of imidazole rings is 1. The number of benzene rings is 1. The molecule has 1 fully saturated rings. The summed E-state index contributed by atoms with van der Waals surface area (Å²) >= 11 is 5.87. The van der Waals surface area contributed by atoms with Crippen LogP contribution in [0.5, 0.6) is 0 Å². The molecule has 0 aliphatic carbocycles. The van der Waals surface area contributed by atoms with Crippen molar-refractivity contribution in [1.29, 1.82) is 0 Å². The highest BCUT2D eigenvalue weighted by atomic mass is 35.5. The molecule has 5 heteroatoms. The third kappa shape index (κ3) is 3.89. The first kappa shape index (κ1) is 15.1. The van der Waals surface area contributed by atoms with Crippen molar-refractivity contribution >= 4 is 17.5 Å². The van der Waals surface area contributed by atoms with E-state index in [1.807, 2.05) is 47.9 Å². The second-order valence-electron chi connectivity index (χ2n) is 5.89. The van der Waals surface area contributed by atoms with E-state index in [2.05, 4.69) is 9.55 Å². The number of aromatic nitrogens is 2. The monoisotopic (exact) mass is 317 g/mol. The smallest absolute Gasteiger partial charge is 0.226 e. The van der Waals surface area contributed by atoms with Gasteiger partial charge in [0.25, 0.3) is 0 Å². The number of likely N-dealkylation sites (tertiary alicyclic amines) is 1. The second-order valence-corrected chi connectivity index (χ2v) is 6.32. The van der Waals surface area contributed by atoms with Crippen molar-refractivity contribution in [1.82, 2.24) is 14.5 Å². The second kappa shape index (κ2) is 6.97. The molecule has 116 valence electrons. The molecule has 1 amide bonds. The molecule has 2 aromatic rings. The minimum atomic E-state index is 0.211. The van der Waals surface area contributed by atoms with Crippen LogP contribution in [0.1, 0.15) is 18.4 Å².